The molecule has 3 nitrogen and oxygen atoms in total. The maximum Gasteiger partial charge on any atom is 0.181 e. The van der Waals surface area contributed by atoms with Gasteiger partial charge in [0.05, 0.1) is 0 Å². The number of nitrogens with zero attached hydrogens (tertiary/aromatic N) is 1. The third-order valence-corrected chi connectivity index (χ3v) is 3.12. The molecule has 78 valence electrons. The number of oxazole rings is 1. The van der Waals surface area contributed by atoms with Gasteiger partial charge >= 0.3 is 0 Å². The quantitative estimate of drug-likeness (QED) is 0.910. The van der Waals surface area contributed by atoms with Crippen LogP contribution in [0.1, 0.15) is 11.3 Å². The molecule has 0 amide bonds. The van der Waals surface area contributed by atoms with Crippen LogP contribution in [0.5, 0.6) is 0 Å². The Hall–Kier alpha value is -1.13. The van der Waals surface area contributed by atoms with Crippen molar-refractivity contribution >= 4 is 15.9 Å². The second-order valence-electron chi connectivity index (χ2n) is 3.30. The van der Waals surface area contributed by atoms with Crippen molar-refractivity contribution in [1.29, 1.82) is 0 Å². The molecule has 1 heterocycles. The van der Waals surface area contributed by atoms with Crippen LogP contribution in [0.4, 0.5) is 0 Å². The smallest absolute Gasteiger partial charge is 0.181 e. The summed E-state index contributed by atoms with van der Waals surface area (Å²) in [5.74, 6) is 0.748. The lowest BCUT2D eigenvalue weighted by atomic mass is 10.1. The van der Waals surface area contributed by atoms with Crippen molar-refractivity contribution in [3.05, 3.63) is 40.3 Å². The molecule has 1 aromatic heterocycles. The summed E-state index contributed by atoms with van der Waals surface area (Å²) >= 11 is 3.48. The van der Waals surface area contributed by atoms with Gasteiger partial charge in [-0.1, -0.05) is 28.1 Å². The molecule has 0 saturated heterocycles. The largest absolute Gasteiger partial charge is 0.443 e. The minimum Gasteiger partial charge on any atom is -0.443 e. The third kappa shape index (κ3) is 1.96. The molecule has 0 atom stereocenters. The molecule has 0 bridgehead atoms. The van der Waals surface area contributed by atoms with Crippen molar-refractivity contribution in [3.8, 4) is 11.3 Å². The zero-order chi connectivity index (χ0) is 10.8. The summed E-state index contributed by atoms with van der Waals surface area (Å²) in [6, 6.07) is 6.04. The standard InChI is InChI=1S/C11H11BrN2O/c1-7-2-3-8(4-9(7)12)11-10(5-13)14-6-15-11/h2-4,6H,5,13H2,1H3. The monoisotopic (exact) mass is 266 g/mol. The Morgan fingerprint density at radius 3 is 2.93 bits per heavy atom. The number of nitrogens with two attached hydrogens (primary N) is 1. The van der Waals surface area contributed by atoms with E-state index in [2.05, 4.69) is 20.9 Å². The average Bonchev–Trinajstić information content (AvgIpc) is 2.70. The van der Waals surface area contributed by atoms with Crippen LogP contribution in [-0.2, 0) is 6.54 Å². The van der Waals surface area contributed by atoms with Crippen LogP contribution in [0.3, 0.4) is 0 Å². The highest BCUT2D eigenvalue weighted by Crippen LogP contribution is 2.27. The molecule has 0 fully saturated rings. The molecule has 15 heavy (non-hydrogen) atoms. The first kappa shape index (κ1) is 10.4. The van der Waals surface area contributed by atoms with Crippen LogP contribution in [0.2, 0.25) is 0 Å². The summed E-state index contributed by atoms with van der Waals surface area (Å²) in [6.07, 6.45) is 1.42. The van der Waals surface area contributed by atoms with Crippen molar-refractivity contribution in [3.63, 3.8) is 0 Å². The summed E-state index contributed by atoms with van der Waals surface area (Å²) in [5, 5.41) is 0. The third-order valence-electron chi connectivity index (χ3n) is 2.27. The van der Waals surface area contributed by atoms with Gasteiger partial charge in [-0.15, -0.1) is 0 Å². The van der Waals surface area contributed by atoms with E-state index in [1.807, 2.05) is 25.1 Å². The second-order valence-corrected chi connectivity index (χ2v) is 4.15. The number of halogens is 1. The van der Waals surface area contributed by atoms with Gasteiger partial charge in [-0.05, 0) is 18.6 Å². The molecule has 0 saturated carbocycles. The predicted octanol–water partition coefficient (Wildman–Crippen LogP) is 2.87. The van der Waals surface area contributed by atoms with Gasteiger partial charge in [-0.25, -0.2) is 4.98 Å². The molecular formula is C11H11BrN2O. The lowest BCUT2D eigenvalue weighted by Crippen LogP contribution is -1.98. The van der Waals surface area contributed by atoms with Gasteiger partial charge in [0.15, 0.2) is 12.2 Å². The summed E-state index contributed by atoms with van der Waals surface area (Å²) in [7, 11) is 0. The minimum absolute atomic E-state index is 0.386. The average molecular weight is 267 g/mol. The summed E-state index contributed by atoms with van der Waals surface area (Å²) in [5.41, 5.74) is 8.53. The molecular weight excluding hydrogens is 256 g/mol. The first-order valence-electron chi connectivity index (χ1n) is 4.61. The van der Waals surface area contributed by atoms with E-state index in [1.54, 1.807) is 0 Å². The molecule has 0 radical (unpaired) electrons. The highest BCUT2D eigenvalue weighted by molar-refractivity contribution is 9.10. The molecule has 0 spiro atoms. The number of rotatable bonds is 2. The first-order chi connectivity index (χ1) is 7.22. The first-order valence-corrected chi connectivity index (χ1v) is 5.40. The Labute approximate surface area is 96.4 Å². The summed E-state index contributed by atoms with van der Waals surface area (Å²) in [6.45, 7) is 2.43. The lowest BCUT2D eigenvalue weighted by molar-refractivity contribution is 0.571. The van der Waals surface area contributed by atoms with Crippen molar-refractivity contribution in [1.82, 2.24) is 4.98 Å². The van der Waals surface area contributed by atoms with E-state index in [0.717, 1.165) is 21.5 Å². The Morgan fingerprint density at radius 1 is 1.47 bits per heavy atom. The summed E-state index contributed by atoms with van der Waals surface area (Å²) in [4.78, 5) is 4.06. The van der Waals surface area contributed by atoms with E-state index in [9.17, 15) is 0 Å². The molecule has 0 unspecified atom stereocenters. The van der Waals surface area contributed by atoms with Crippen LogP contribution in [0.25, 0.3) is 11.3 Å². The SMILES string of the molecule is Cc1ccc(-c2ocnc2CN)cc1Br. The fourth-order valence-electron chi connectivity index (χ4n) is 1.38. The van der Waals surface area contributed by atoms with Gasteiger partial charge in [0.25, 0.3) is 0 Å². The number of benzene rings is 1. The van der Waals surface area contributed by atoms with Gasteiger partial charge < -0.3 is 10.2 Å². The van der Waals surface area contributed by atoms with Crippen molar-refractivity contribution < 1.29 is 4.42 Å². The fraction of sp³-hybridized carbons (Fsp3) is 0.182. The number of hydrogen-bond acceptors (Lipinski definition) is 3. The Morgan fingerprint density at radius 2 is 2.27 bits per heavy atom. The molecule has 4 heteroatoms. The van der Waals surface area contributed by atoms with Crippen LogP contribution in [0, 0.1) is 6.92 Å². The summed E-state index contributed by atoms with van der Waals surface area (Å²) < 4.78 is 6.38. The molecule has 1 aromatic carbocycles. The van der Waals surface area contributed by atoms with E-state index in [1.165, 1.54) is 12.0 Å². The van der Waals surface area contributed by atoms with Gasteiger partial charge in [0.2, 0.25) is 0 Å². The predicted molar refractivity (Wildman–Crippen MR) is 62.3 cm³/mol. The number of hydrogen-bond donors (Lipinski definition) is 1. The molecule has 0 aliphatic heterocycles. The van der Waals surface area contributed by atoms with Crippen LogP contribution < -0.4 is 5.73 Å². The maximum atomic E-state index is 5.57. The molecule has 2 N–H and O–H groups in total. The maximum absolute atomic E-state index is 5.57. The van der Waals surface area contributed by atoms with E-state index in [-0.39, 0.29) is 0 Å². The fourth-order valence-corrected chi connectivity index (χ4v) is 1.76. The Kier molecular flexibility index (Phi) is 2.88. The number of aryl methyl sites for hydroxylation is 1. The molecule has 2 rings (SSSR count). The van der Waals surface area contributed by atoms with Crippen LogP contribution in [0.15, 0.2) is 33.5 Å². The van der Waals surface area contributed by atoms with Gasteiger partial charge in [-0.3, -0.25) is 0 Å². The molecule has 2 aromatic rings. The zero-order valence-corrected chi connectivity index (χ0v) is 9.91. The van der Waals surface area contributed by atoms with Gasteiger partial charge in [0, 0.05) is 16.6 Å². The van der Waals surface area contributed by atoms with E-state index in [0.29, 0.717) is 6.54 Å². The lowest BCUT2D eigenvalue weighted by Gasteiger charge is -2.02. The van der Waals surface area contributed by atoms with Crippen molar-refractivity contribution in [2.45, 2.75) is 13.5 Å². The highest BCUT2D eigenvalue weighted by Gasteiger charge is 2.09. The van der Waals surface area contributed by atoms with Crippen molar-refractivity contribution in [2.75, 3.05) is 0 Å². The molecule has 0 aliphatic carbocycles. The zero-order valence-electron chi connectivity index (χ0n) is 8.33. The van der Waals surface area contributed by atoms with Gasteiger partial charge in [-0.2, -0.15) is 0 Å². The molecule has 0 aliphatic rings. The van der Waals surface area contributed by atoms with Crippen molar-refractivity contribution in [2.24, 2.45) is 5.73 Å². The Balaban J connectivity index is 2.50. The van der Waals surface area contributed by atoms with E-state index in [4.69, 9.17) is 10.2 Å². The van der Waals surface area contributed by atoms with Gasteiger partial charge in [0.1, 0.15) is 5.69 Å². The van der Waals surface area contributed by atoms with Crippen LogP contribution >= 0.6 is 15.9 Å². The Bertz CT molecular complexity index is 479. The topological polar surface area (TPSA) is 52.0 Å². The minimum atomic E-state index is 0.386. The number of aromatic nitrogens is 1. The highest BCUT2D eigenvalue weighted by atomic mass is 79.9. The second kappa shape index (κ2) is 4.16. The van der Waals surface area contributed by atoms with E-state index >= 15 is 0 Å². The normalized spacial score (nSPS) is 10.6. The van der Waals surface area contributed by atoms with Crippen LogP contribution in [-0.4, -0.2) is 4.98 Å². The van der Waals surface area contributed by atoms with E-state index < -0.39 is 0 Å².